The van der Waals surface area contributed by atoms with Crippen LogP contribution in [0.25, 0.3) is 0 Å². The number of nitrogens with one attached hydrogen (secondary N) is 1. The summed E-state index contributed by atoms with van der Waals surface area (Å²) < 4.78 is 51.1. The van der Waals surface area contributed by atoms with Crippen LogP contribution < -0.4 is 5.32 Å². The van der Waals surface area contributed by atoms with Gasteiger partial charge in [0.05, 0.1) is 0 Å². The SMILES string of the molecule is CNC(Cc1ccc(Br)cc1F)C(F)(F)F. The topological polar surface area (TPSA) is 12.0 Å². The van der Waals surface area contributed by atoms with Crippen LogP contribution in [0.1, 0.15) is 5.56 Å². The van der Waals surface area contributed by atoms with Gasteiger partial charge < -0.3 is 5.32 Å². The average Bonchev–Trinajstić information content (AvgIpc) is 2.14. The molecule has 1 unspecified atom stereocenters. The zero-order chi connectivity index (χ0) is 12.3. The molecule has 1 aromatic rings. The Morgan fingerprint density at radius 3 is 2.44 bits per heavy atom. The first kappa shape index (κ1) is 13.4. The first-order valence-corrected chi connectivity index (χ1v) is 5.32. The molecule has 0 aliphatic carbocycles. The minimum atomic E-state index is -4.38. The second-order valence-corrected chi connectivity index (χ2v) is 4.24. The molecule has 0 spiro atoms. The van der Waals surface area contributed by atoms with Gasteiger partial charge in [0.1, 0.15) is 11.9 Å². The lowest BCUT2D eigenvalue weighted by Crippen LogP contribution is -2.41. The van der Waals surface area contributed by atoms with Gasteiger partial charge >= 0.3 is 6.18 Å². The Bertz CT molecular complexity index is 364. The highest BCUT2D eigenvalue weighted by molar-refractivity contribution is 9.10. The Hall–Kier alpha value is -0.620. The summed E-state index contributed by atoms with van der Waals surface area (Å²) in [7, 11) is 1.20. The molecule has 0 amide bonds. The third-order valence-electron chi connectivity index (χ3n) is 2.18. The highest BCUT2D eigenvalue weighted by Gasteiger charge is 2.38. The van der Waals surface area contributed by atoms with Crippen LogP contribution in [0.4, 0.5) is 17.6 Å². The number of hydrogen-bond acceptors (Lipinski definition) is 1. The second kappa shape index (κ2) is 5.14. The van der Waals surface area contributed by atoms with Crippen molar-refractivity contribution in [1.82, 2.24) is 5.32 Å². The maximum Gasteiger partial charge on any atom is 0.404 e. The van der Waals surface area contributed by atoms with Crippen molar-refractivity contribution in [1.29, 1.82) is 0 Å². The van der Waals surface area contributed by atoms with E-state index in [0.29, 0.717) is 4.47 Å². The first-order valence-electron chi connectivity index (χ1n) is 4.52. The number of rotatable bonds is 3. The minimum absolute atomic E-state index is 0.0416. The van der Waals surface area contributed by atoms with Gasteiger partial charge in [-0.3, -0.25) is 0 Å². The molecule has 1 rings (SSSR count). The Labute approximate surface area is 99.0 Å². The summed E-state index contributed by atoms with van der Waals surface area (Å²) in [6.07, 6.45) is -4.80. The fraction of sp³-hybridized carbons (Fsp3) is 0.400. The van der Waals surface area contributed by atoms with E-state index in [1.54, 1.807) is 0 Å². The summed E-state index contributed by atoms with van der Waals surface area (Å²) in [4.78, 5) is 0. The Kier molecular flexibility index (Phi) is 4.32. The van der Waals surface area contributed by atoms with Crippen molar-refractivity contribution in [3.8, 4) is 0 Å². The number of alkyl halides is 3. The van der Waals surface area contributed by atoms with Crippen molar-refractivity contribution in [2.75, 3.05) is 7.05 Å². The fourth-order valence-electron chi connectivity index (χ4n) is 1.29. The molecule has 90 valence electrons. The molecular weight excluding hydrogens is 290 g/mol. The van der Waals surface area contributed by atoms with E-state index in [2.05, 4.69) is 21.2 Å². The molecule has 0 fully saturated rings. The molecule has 0 heterocycles. The van der Waals surface area contributed by atoms with Gasteiger partial charge in [0, 0.05) is 4.47 Å². The van der Waals surface area contributed by atoms with E-state index in [4.69, 9.17) is 0 Å². The molecule has 6 heteroatoms. The number of halogens is 5. The normalized spacial score (nSPS) is 13.9. The molecule has 1 N–H and O–H groups in total. The van der Waals surface area contributed by atoms with Crippen LogP contribution in [0.15, 0.2) is 22.7 Å². The molecule has 1 aromatic carbocycles. The quantitative estimate of drug-likeness (QED) is 0.845. The number of likely N-dealkylation sites (N-methyl/N-ethyl adjacent to an activating group) is 1. The molecule has 0 bridgehead atoms. The minimum Gasteiger partial charge on any atom is -0.309 e. The van der Waals surface area contributed by atoms with Crippen LogP contribution in [0, 0.1) is 5.82 Å². The third kappa shape index (κ3) is 3.45. The van der Waals surface area contributed by atoms with Crippen LogP contribution in [0.3, 0.4) is 0 Å². The predicted molar refractivity (Wildman–Crippen MR) is 56.7 cm³/mol. The lowest BCUT2D eigenvalue weighted by molar-refractivity contribution is -0.154. The highest BCUT2D eigenvalue weighted by atomic mass is 79.9. The first-order chi connectivity index (χ1) is 7.34. The van der Waals surface area contributed by atoms with Gasteiger partial charge in [-0.15, -0.1) is 0 Å². The Morgan fingerprint density at radius 1 is 1.38 bits per heavy atom. The van der Waals surface area contributed by atoms with Crippen LogP contribution in [0.2, 0.25) is 0 Å². The molecule has 1 atom stereocenters. The molecule has 0 aliphatic rings. The van der Waals surface area contributed by atoms with Crippen molar-refractivity contribution in [3.63, 3.8) is 0 Å². The lowest BCUT2D eigenvalue weighted by Gasteiger charge is -2.19. The fourth-order valence-corrected chi connectivity index (χ4v) is 1.62. The zero-order valence-corrected chi connectivity index (χ0v) is 9.99. The number of hydrogen-bond donors (Lipinski definition) is 1. The molecule has 0 saturated carbocycles. The van der Waals surface area contributed by atoms with E-state index in [9.17, 15) is 17.6 Å². The molecular formula is C10H10BrF4N. The standard InChI is InChI=1S/C10H10BrF4N/c1-16-9(10(13,14)15)4-6-2-3-7(11)5-8(6)12/h2-3,5,9,16H,4H2,1H3. The monoisotopic (exact) mass is 299 g/mol. The lowest BCUT2D eigenvalue weighted by atomic mass is 10.1. The van der Waals surface area contributed by atoms with Gasteiger partial charge in [0.15, 0.2) is 0 Å². The maximum absolute atomic E-state index is 13.3. The van der Waals surface area contributed by atoms with E-state index >= 15 is 0 Å². The smallest absolute Gasteiger partial charge is 0.309 e. The molecule has 0 radical (unpaired) electrons. The summed E-state index contributed by atoms with van der Waals surface area (Å²) in [6.45, 7) is 0. The van der Waals surface area contributed by atoms with Crippen molar-refractivity contribution in [2.45, 2.75) is 18.6 Å². The van der Waals surface area contributed by atoms with Gasteiger partial charge in [-0.2, -0.15) is 13.2 Å². The Balaban J connectivity index is 2.86. The molecule has 0 aromatic heterocycles. The van der Waals surface area contributed by atoms with E-state index in [1.807, 2.05) is 0 Å². The predicted octanol–water partition coefficient (Wildman–Crippen LogP) is 3.28. The third-order valence-corrected chi connectivity index (χ3v) is 2.68. The molecule has 1 nitrogen and oxygen atoms in total. The summed E-state index contributed by atoms with van der Waals surface area (Å²) >= 11 is 3.04. The van der Waals surface area contributed by atoms with E-state index in [0.717, 1.165) is 6.07 Å². The van der Waals surface area contributed by atoms with Gasteiger partial charge in [0.2, 0.25) is 0 Å². The zero-order valence-electron chi connectivity index (χ0n) is 8.41. The summed E-state index contributed by atoms with van der Waals surface area (Å²) in [5.41, 5.74) is 0.0416. The highest BCUT2D eigenvalue weighted by Crippen LogP contribution is 2.24. The van der Waals surface area contributed by atoms with Crippen LogP contribution >= 0.6 is 15.9 Å². The van der Waals surface area contributed by atoms with Crippen LogP contribution in [-0.2, 0) is 6.42 Å². The maximum atomic E-state index is 13.3. The van der Waals surface area contributed by atoms with Gasteiger partial charge in [-0.05, 0) is 31.2 Å². The van der Waals surface area contributed by atoms with Crippen LogP contribution in [0.5, 0.6) is 0 Å². The van der Waals surface area contributed by atoms with Gasteiger partial charge in [-0.1, -0.05) is 22.0 Å². The van der Waals surface area contributed by atoms with E-state index in [-0.39, 0.29) is 5.56 Å². The molecule has 16 heavy (non-hydrogen) atoms. The van der Waals surface area contributed by atoms with Crippen molar-refractivity contribution in [3.05, 3.63) is 34.1 Å². The van der Waals surface area contributed by atoms with Crippen LogP contribution in [-0.4, -0.2) is 19.3 Å². The van der Waals surface area contributed by atoms with E-state index in [1.165, 1.54) is 19.2 Å². The van der Waals surface area contributed by atoms with Crippen molar-refractivity contribution < 1.29 is 17.6 Å². The van der Waals surface area contributed by atoms with Crippen molar-refractivity contribution >= 4 is 15.9 Å². The Morgan fingerprint density at radius 2 is 2.00 bits per heavy atom. The van der Waals surface area contributed by atoms with Gasteiger partial charge in [-0.25, -0.2) is 4.39 Å². The molecule has 0 saturated heterocycles. The summed E-state index contributed by atoms with van der Waals surface area (Å²) in [5.74, 6) is -0.640. The number of benzene rings is 1. The van der Waals surface area contributed by atoms with Gasteiger partial charge in [0.25, 0.3) is 0 Å². The second-order valence-electron chi connectivity index (χ2n) is 3.32. The molecule has 0 aliphatic heterocycles. The summed E-state index contributed by atoms with van der Waals surface area (Å²) in [5, 5.41) is 2.13. The summed E-state index contributed by atoms with van der Waals surface area (Å²) in [6, 6.07) is 2.28. The average molecular weight is 300 g/mol. The largest absolute Gasteiger partial charge is 0.404 e. The van der Waals surface area contributed by atoms with Crippen molar-refractivity contribution in [2.24, 2.45) is 0 Å². The van der Waals surface area contributed by atoms with E-state index < -0.39 is 24.5 Å².